The van der Waals surface area contributed by atoms with Gasteiger partial charge in [-0.15, -0.1) is 0 Å². The SMILES string of the molecule is Cc1c(C(=O)O)c2cc(O)ccc2n1-c1ccccc1.NCc1ccc(F)c(F)c1. The number of carboxylic acid groups (broad SMARTS) is 1. The van der Waals surface area contributed by atoms with Gasteiger partial charge in [-0.2, -0.15) is 0 Å². The summed E-state index contributed by atoms with van der Waals surface area (Å²) in [6.07, 6.45) is 0. The van der Waals surface area contributed by atoms with Gasteiger partial charge in [0.15, 0.2) is 11.6 Å². The van der Waals surface area contributed by atoms with Crippen LogP contribution >= 0.6 is 0 Å². The molecular formula is C23H20F2N2O3. The molecule has 0 radical (unpaired) electrons. The Hall–Kier alpha value is -3.71. The van der Waals surface area contributed by atoms with Crippen molar-refractivity contribution >= 4 is 16.9 Å². The highest BCUT2D eigenvalue weighted by atomic mass is 19.2. The zero-order chi connectivity index (χ0) is 21.8. The molecule has 3 aromatic carbocycles. The van der Waals surface area contributed by atoms with Gasteiger partial charge in [0.25, 0.3) is 0 Å². The Morgan fingerprint density at radius 1 is 1.00 bits per heavy atom. The summed E-state index contributed by atoms with van der Waals surface area (Å²) >= 11 is 0. The first-order chi connectivity index (χ1) is 14.3. The van der Waals surface area contributed by atoms with Crippen molar-refractivity contribution < 1.29 is 23.8 Å². The molecule has 30 heavy (non-hydrogen) atoms. The van der Waals surface area contributed by atoms with Crippen LogP contribution in [0.4, 0.5) is 8.78 Å². The van der Waals surface area contributed by atoms with E-state index in [-0.39, 0.29) is 17.9 Å². The van der Waals surface area contributed by atoms with Crippen molar-refractivity contribution in [2.75, 3.05) is 0 Å². The number of carbonyl (C=O) groups is 1. The molecule has 1 aromatic heterocycles. The number of para-hydroxylation sites is 1. The number of phenolic OH excluding ortho intramolecular Hbond substituents is 1. The van der Waals surface area contributed by atoms with Crippen LogP contribution in [0.2, 0.25) is 0 Å². The smallest absolute Gasteiger partial charge is 0.338 e. The van der Waals surface area contributed by atoms with Gasteiger partial charge >= 0.3 is 5.97 Å². The third-order valence-corrected chi connectivity index (χ3v) is 4.64. The Morgan fingerprint density at radius 2 is 1.70 bits per heavy atom. The lowest BCUT2D eigenvalue weighted by Crippen LogP contribution is -2.01. The monoisotopic (exact) mass is 410 g/mol. The molecule has 4 rings (SSSR count). The Kier molecular flexibility index (Phi) is 6.13. The third kappa shape index (κ3) is 4.16. The number of fused-ring (bicyclic) bond motifs is 1. The van der Waals surface area contributed by atoms with Gasteiger partial charge in [-0.3, -0.25) is 0 Å². The first-order valence-electron chi connectivity index (χ1n) is 9.10. The van der Waals surface area contributed by atoms with Crippen LogP contribution in [0.5, 0.6) is 5.75 Å². The predicted molar refractivity (Wildman–Crippen MR) is 111 cm³/mol. The van der Waals surface area contributed by atoms with Crippen LogP contribution in [0, 0.1) is 18.6 Å². The summed E-state index contributed by atoms with van der Waals surface area (Å²) in [5, 5.41) is 19.6. The van der Waals surface area contributed by atoms with Crippen molar-refractivity contribution in [1.82, 2.24) is 4.57 Å². The molecule has 0 aliphatic heterocycles. The number of benzene rings is 3. The third-order valence-electron chi connectivity index (χ3n) is 4.64. The van der Waals surface area contributed by atoms with Crippen LogP contribution in [0.15, 0.2) is 66.7 Å². The second-order valence-corrected chi connectivity index (χ2v) is 6.59. The summed E-state index contributed by atoms with van der Waals surface area (Å²) in [4.78, 5) is 11.5. The average molecular weight is 410 g/mol. The van der Waals surface area contributed by atoms with Gasteiger partial charge in [0.1, 0.15) is 5.75 Å². The Bertz CT molecular complexity index is 1200. The van der Waals surface area contributed by atoms with Crippen LogP contribution < -0.4 is 5.73 Å². The van der Waals surface area contributed by atoms with Crippen LogP contribution in [0.3, 0.4) is 0 Å². The maximum Gasteiger partial charge on any atom is 0.338 e. The van der Waals surface area contributed by atoms with Gasteiger partial charge in [0.2, 0.25) is 0 Å². The number of nitrogens with two attached hydrogens (primary N) is 1. The van der Waals surface area contributed by atoms with Crippen LogP contribution in [-0.4, -0.2) is 20.7 Å². The van der Waals surface area contributed by atoms with Crippen LogP contribution in [-0.2, 0) is 6.54 Å². The number of phenols is 1. The number of carboxylic acids is 1. The summed E-state index contributed by atoms with van der Waals surface area (Å²) in [7, 11) is 0. The highest BCUT2D eigenvalue weighted by molar-refractivity contribution is 6.06. The minimum atomic E-state index is -0.993. The first-order valence-corrected chi connectivity index (χ1v) is 9.10. The lowest BCUT2D eigenvalue weighted by atomic mass is 10.1. The molecule has 0 aliphatic rings. The fraction of sp³-hybridized carbons (Fsp3) is 0.0870. The van der Waals surface area contributed by atoms with Crippen molar-refractivity contribution in [2.24, 2.45) is 5.73 Å². The van der Waals surface area contributed by atoms with Crippen LogP contribution in [0.1, 0.15) is 21.6 Å². The van der Waals surface area contributed by atoms with E-state index in [4.69, 9.17) is 5.73 Å². The van der Waals surface area contributed by atoms with E-state index in [1.165, 1.54) is 12.1 Å². The van der Waals surface area contributed by atoms with Crippen molar-refractivity contribution in [1.29, 1.82) is 0 Å². The standard InChI is InChI=1S/C16H13NO3.C7H7F2N/c1-10-15(16(19)20)13-9-12(18)7-8-14(13)17(10)11-5-3-2-4-6-11;8-6-2-1-5(4-10)3-7(6)9/h2-9,18H,1H3,(H,19,20);1-3H,4,10H2. The zero-order valence-corrected chi connectivity index (χ0v) is 16.1. The van der Waals surface area contributed by atoms with Gasteiger partial charge in [0.05, 0.1) is 11.1 Å². The number of aromatic carboxylic acids is 1. The molecule has 0 amide bonds. The number of aromatic nitrogens is 1. The molecule has 0 fully saturated rings. The van der Waals surface area contributed by atoms with E-state index in [9.17, 15) is 23.8 Å². The fourth-order valence-corrected chi connectivity index (χ4v) is 3.25. The Morgan fingerprint density at radius 3 is 2.30 bits per heavy atom. The lowest BCUT2D eigenvalue weighted by Gasteiger charge is -2.08. The first kappa shape index (κ1) is 21.0. The van der Waals surface area contributed by atoms with E-state index in [1.807, 2.05) is 34.9 Å². The summed E-state index contributed by atoms with van der Waals surface area (Å²) < 4.78 is 26.4. The second-order valence-electron chi connectivity index (χ2n) is 6.59. The van der Waals surface area contributed by atoms with E-state index in [0.717, 1.165) is 23.3 Å². The van der Waals surface area contributed by atoms with E-state index in [1.54, 1.807) is 19.1 Å². The molecule has 154 valence electrons. The molecule has 0 unspecified atom stereocenters. The number of rotatable bonds is 3. The summed E-state index contributed by atoms with van der Waals surface area (Å²) in [6, 6.07) is 18.0. The fourth-order valence-electron chi connectivity index (χ4n) is 3.25. The second kappa shape index (κ2) is 8.75. The molecule has 0 saturated heterocycles. The largest absolute Gasteiger partial charge is 0.508 e. The van der Waals surface area contributed by atoms with Gasteiger partial charge < -0.3 is 20.5 Å². The topological polar surface area (TPSA) is 88.5 Å². The normalized spacial score (nSPS) is 10.5. The molecule has 1 heterocycles. The number of hydrogen-bond acceptors (Lipinski definition) is 3. The Balaban J connectivity index is 0.000000216. The highest BCUT2D eigenvalue weighted by Gasteiger charge is 2.20. The highest BCUT2D eigenvalue weighted by Crippen LogP contribution is 2.31. The maximum atomic E-state index is 12.3. The molecule has 0 bridgehead atoms. The number of aromatic hydroxyl groups is 1. The van der Waals surface area contributed by atoms with Gasteiger partial charge in [-0.05, 0) is 55.0 Å². The predicted octanol–water partition coefficient (Wildman–Crippen LogP) is 4.77. The number of hydrogen-bond donors (Lipinski definition) is 3. The Labute approximate surface area is 171 Å². The van der Waals surface area contributed by atoms with Gasteiger partial charge in [0, 0.05) is 23.3 Å². The minimum absolute atomic E-state index is 0.0604. The maximum absolute atomic E-state index is 12.3. The molecule has 0 aliphatic carbocycles. The molecular weight excluding hydrogens is 390 g/mol. The van der Waals surface area contributed by atoms with E-state index in [2.05, 4.69) is 0 Å². The summed E-state index contributed by atoms with van der Waals surface area (Å²) in [6.45, 7) is 2.00. The molecule has 5 nitrogen and oxygen atoms in total. The van der Waals surface area contributed by atoms with Crippen molar-refractivity contribution in [3.63, 3.8) is 0 Å². The number of halogens is 2. The van der Waals surface area contributed by atoms with E-state index >= 15 is 0 Å². The van der Waals surface area contributed by atoms with E-state index in [0.29, 0.717) is 16.6 Å². The van der Waals surface area contributed by atoms with Crippen molar-refractivity contribution in [2.45, 2.75) is 13.5 Å². The quantitative estimate of drug-likeness (QED) is 0.454. The molecule has 0 saturated carbocycles. The van der Waals surface area contributed by atoms with Crippen molar-refractivity contribution in [3.05, 3.63) is 95.2 Å². The lowest BCUT2D eigenvalue weighted by molar-refractivity contribution is 0.0698. The zero-order valence-electron chi connectivity index (χ0n) is 16.1. The van der Waals surface area contributed by atoms with Crippen molar-refractivity contribution in [3.8, 4) is 11.4 Å². The summed E-state index contributed by atoms with van der Waals surface area (Å²) in [5.74, 6) is -2.61. The van der Waals surface area contributed by atoms with Crippen LogP contribution in [0.25, 0.3) is 16.6 Å². The van der Waals surface area contributed by atoms with Gasteiger partial charge in [-0.1, -0.05) is 24.3 Å². The minimum Gasteiger partial charge on any atom is -0.508 e. The molecule has 7 heteroatoms. The molecule has 0 atom stereocenters. The average Bonchev–Trinajstić information content (AvgIpc) is 3.02. The summed E-state index contributed by atoms with van der Waals surface area (Å²) in [5.41, 5.74) is 8.30. The molecule has 4 aromatic rings. The number of nitrogens with zero attached hydrogens (tertiary/aromatic N) is 1. The van der Waals surface area contributed by atoms with Gasteiger partial charge in [-0.25, -0.2) is 13.6 Å². The van der Waals surface area contributed by atoms with E-state index < -0.39 is 17.6 Å². The molecule has 4 N–H and O–H groups in total. The molecule has 0 spiro atoms.